The molecule has 0 aliphatic carbocycles. The number of aromatic nitrogens is 1. The van der Waals surface area contributed by atoms with E-state index in [1.165, 1.54) is 10.6 Å². The van der Waals surface area contributed by atoms with E-state index in [9.17, 15) is 9.59 Å². The summed E-state index contributed by atoms with van der Waals surface area (Å²) in [6.07, 6.45) is 3.23. The summed E-state index contributed by atoms with van der Waals surface area (Å²) in [6, 6.07) is 11.1. The van der Waals surface area contributed by atoms with Gasteiger partial charge in [-0.25, -0.2) is 5.43 Å². The first-order chi connectivity index (χ1) is 12.5. The predicted octanol–water partition coefficient (Wildman–Crippen LogP) is 3.04. The predicted molar refractivity (Wildman–Crippen MR) is 106 cm³/mol. The maximum absolute atomic E-state index is 12.3. The fourth-order valence-electron chi connectivity index (χ4n) is 2.68. The van der Waals surface area contributed by atoms with E-state index in [2.05, 4.69) is 29.3 Å². The fraction of sp³-hybridized carbons (Fsp3) is 0.350. The van der Waals surface area contributed by atoms with E-state index in [1.807, 2.05) is 38.1 Å². The van der Waals surface area contributed by atoms with E-state index in [0.717, 1.165) is 24.3 Å². The van der Waals surface area contributed by atoms with Gasteiger partial charge in [-0.2, -0.15) is 5.10 Å². The molecule has 138 valence electrons. The second-order valence-corrected chi connectivity index (χ2v) is 6.19. The number of pyridine rings is 1. The van der Waals surface area contributed by atoms with Crippen LogP contribution < -0.4 is 15.9 Å². The summed E-state index contributed by atoms with van der Waals surface area (Å²) in [4.78, 5) is 26.7. The van der Waals surface area contributed by atoms with Crippen LogP contribution in [0.5, 0.6) is 0 Å². The third-order valence-corrected chi connectivity index (χ3v) is 4.18. The zero-order valence-corrected chi connectivity index (χ0v) is 15.8. The van der Waals surface area contributed by atoms with Crippen molar-refractivity contribution in [3.8, 4) is 0 Å². The lowest BCUT2D eigenvalue weighted by molar-refractivity contribution is 0.0953. The van der Waals surface area contributed by atoms with Crippen molar-refractivity contribution in [3.63, 3.8) is 0 Å². The molecule has 0 bridgehead atoms. The molecule has 0 saturated heterocycles. The zero-order chi connectivity index (χ0) is 19.1. The van der Waals surface area contributed by atoms with Gasteiger partial charge in [-0.1, -0.05) is 12.1 Å². The maximum Gasteiger partial charge on any atom is 0.276 e. The number of hydrogen-bond donors (Lipinski definition) is 1. The van der Waals surface area contributed by atoms with Gasteiger partial charge in [-0.15, -0.1) is 0 Å². The van der Waals surface area contributed by atoms with Crippen LogP contribution in [0, 0.1) is 0 Å². The Morgan fingerprint density at radius 1 is 1.19 bits per heavy atom. The number of nitrogens with one attached hydrogen (secondary N) is 1. The van der Waals surface area contributed by atoms with Crippen LogP contribution in [-0.4, -0.2) is 29.8 Å². The summed E-state index contributed by atoms with van der Waals surface area (Å²) < 4.78 is 1.52. The van der Waals surface area contributed by atoms with Gasteiger partial charge >= 0.3 is 0 Å². The third-order valence-electron chi connectivity index (χ3n) is 4.18. The van der Waals surface area contributed by atoms with Gasteiger partial charge in [0.1, 0.15) is 5.56 Å². The fourth-order valence-corrected chi connectivity index (χ4v) is 2.68. The van der Waals surface area contributed by atoms with Crippen molar-refractivity contribution in [3.05, 3.63) is 64.1 Å². The van der Waals surface area contributed by atoms with E-state index in [4.69, 9.17) is 0 Å². The van der Waals surface area contributed by atoms with Crippen LogP contribution in [0.25, 0.3) is 0 Å². The molecule has 0 saturated carbocycles. The Morgan fingerprint density at radius 2 is 1.85 bits per heavy atom. The Kier molecular flexibility index (Phi) is 6.72. The van der Waals surface area contributed by atoms with E-state index < -0.39 is 5.91 Å². The summed E-state index contributed by atoms with van der Waals surface area (Å²) in [5.41, 5.74) is 4.20. The number of carbonyl (C=O) groups excluding carboxylic acids is 1. The van der Waals surface area contributed by atoms with E-state index in [-0.39, 0.29) is 17.2 Å². The number of anilines is 1. The van der Waals surface area contributed by atoms with Crippen LogP contribution in [0.3, 0.4) is 0 Å². The summed E-state index contributed by atoms with van der Waals surface area (Å²) >= 11 is 0. The molecule has 0 aliphatic rings. The van der Waals surface area contributed by atoms with Crippen LogP contribution in [-0.2, 0) is 0 Å². The van der Waals surface area contributed by atoms with E-state index in [0.29, 0.717) is 0 Å². The van der Waals surface area contributed by atoms with Crippen LogP contribution in [0.2, 0.25) is 0 Å². The SMILES string of the molecule is CCN(CC)c1ccc(/C=N\NC(=O)c2cccn(C(C)C)c2=O)cc1. The molecular weight excluding hydrogens is 328 g/mol. The normalized spacial score (nSPS) is 11.1. The molecule has 6 heteroatoms. The first-order valence-corrected chi connectivity index (χ1v) is 8.87. The maximum atomic E-state index is 12.3. The van der Waals surface area contributed by atoms with Crippen molar-refractivity contribution in [2.24, 2.45) is 5.10 Å². The number of nitrogens with zero attached hydrogens (tertiary/aromatic N) is 3. The van der Waals surface area contributed by atoms with Crippen molar-refractivity contribution >= 4 is 17.8 Å². The highest BCUT2D eigenvalue weighted by atomic mass is 16.2. The molecule has 0 atom stereocenters. The van der Waals surface area contributed by atoms with Crippen molar-refractivity contribution < 1.29 is 4.79 Å². The molecule has 1 N–H and O–H groups in total. The number of benzene rings is 1. The molecule has 1 aromatic carbocycles. The molecule has 0 unspecified atom stereocenters. The minimum absolute atomic E-state index is 0.0110. The minimum atomic E-state index is -0.513. The van der Waals surface area contributed by atoms with Gasteiger partial charge in [-0.05, 0) is 57.5 Å². The van der Waals surface area contributed by atoms with Crippen LogP contribution in [0.1, 0.15) is 49.7 Å². The number of hydrazone groups is 1. The first-order valence-electron chi connectivity index (χ1n) is 8.87. The number of carbonyl (C=O) groups is 1. The van der Waals surface area contributed by atoms with Gasteiger partial charge in [0.25, 0.3) is 11.5 Å². The zero-order valence-electron chi connectivity index (χ0n) is 15.8. The van der Waals surface area contributed by atoms with Gasteiger partial charge in [-0.3, -0.25) is 9.59 Å². The Bertz CT molecular complexity index is 818. The monoisotopic (exact) mass is 354 g/mol. The highest BCUT2D eigenvalue weighted by molar-refractivity contribution is 5.94. The summed E-state index contributed by atoms with van der Waals surface area (Å²) in [5.74, 6) is -0.513. The van der Waals surface area contributed by atoms with Crippen LogP contribution in [0.4, 0.5) is 5.69 Å². The number of amides is 1. The Morgan fingerprint density at radius 3 is 2.42 bits per heavy atom. The van der Waals surface area contributed by atoms with Gasteiger partial charge in [0.2, 0.25) is 0 Å². The van der Waals surface area contributed by atoms with E-state index in [1.54, 1.807) is 18.5 Å². The standard InChI is InChI=1S/C20H26N4O2/c1-5-23(6-2)17-11-9-16(10-12-17)14-21-22-19(25)18-8-7-13-24(15(3)4)20(18)26/h7-15H,5-6H2,1-4H3,(H,22,25)/b21-14-. The van der Waals surface area contributed by atoms with Gasteiger partial charge in [0.05, 0.1) is 6.21 Å². The topological polar surface area (TPSA) is 66.7 Å². The molecule has 6 nitrogen and oxygen atoms in total. The molecule has 1 heterocycles. The highest BCUT2D eigenvalue weighted by Gasteiger charge is 2.12. The van der Waals surface area contributed by atoms with Gasteiger partial charge in [0.15, 0.2) is 0 Å². The lowest BCUT2D eigenvalue weighted by Crippen LogP contribution is -2.31. The average Bonchev–Trinajstić information content (AvgIpc) is 2.63. The largest absolute Gasteiger partial charge is 0.372 e. The molecule has 2 rings (SSSR count). The minimum Gasteiger partial charge on any atom is -0.372 e. The molecule has 1 amide bonds. The molecule has 0 spiro atoms. The number of hydrogen-bond acceptors (Lipinski definition) is 4. The molecule has 26 heavy (non-hydrogen) atoms. The van der Waals surface area contributed by atoms with E-state index >= 15 is 0 Å². The van der Waals surface area contributed by atoms with Crippen LogP contribution in [0.15, 0.2) is 52.5 Å². The van der Waals surface area contributed by atoms with Crippen molar-refractivity contribution in [1.82, 2.24) is 9.99 Å². The Labute approximate surface area is 154 Å². The van der Waals surface area contributed by atoms with Crippen LogP contribution >= 0.6 is 0 Å². The Balaban J connectivity index is 2.06. The van der Waals surface area contributed by atoms with Crippen molar-refractivity contribution in [2.75, 3.05) is 18.0 Å². The summed E-state index contributed by atoms with van der Waals surface area (Å²) in [6.45, 7) is 9.92. The molecule has 0 fully saturated rings. The van der Waals surface area contributed by atoms with Crippen molar-refractivity contribution in [2.45, 2.75) is 33.7 Å². The molecule has 0 aliphatic heterocycles. The lowest BCUT2D eigenvalue weighted by atomic mass is 10.2. The summed E-state index contributed by atoms with van der Waals surface area (Å²) in [5, 5.41) is 3.96. The molecular formula is C20H26N4O2. The first kappa shape index (κ1) is 19.4. The van der Waals surface area contributed by atoms with Gasteiger partial charge in [0, 0.05) is 31.0 Å². The third kappa shape index (κ3) is 4.59. The lowest BCUT2D eigenvalue weighted by Gasteiger charge is -2.20. The Hall–Kier alpha value is -2.89. The average molecular weight is 354 g/mol. The van der Waals surface area contributed by atoms with Crippen molar-refractivity contribution in [1.29, 1.82) is 0 Å². The van der Waals surface area contributed by atoms with Gasteiger partial charge < -0.3 is 9.47 Å². The quantitative estimate of drug-likeness (QED) is 0.614. The highest BCUT2D eigenvalue weighted by Crippen LogP contribution is 2.13. The molecule has 0 radical (unpaired) electrons. The number of rotatable bonds is 7. The molecule has 2 aromatic rings. The second kappa shape index (κ2) is 8.99. The molecule has 1 aromatic heterocycles. The second-order valence-electron chi connectivity index (χ2n) is 6.19. The smallest absolute Gasteiger partial charge is 0.276 e. The summed E-state index contributed by atoms with van der Waals surface area (Å²) in [7, 11) is 0.